The molecule has 0 unspecified atom stereocenters. The van der Waals surface area contributed by atoms with Crippen LogP contribution in [0.1, 0.15) is 24.6 Å². The number of H-pyrrole nitrogens is 1. The Hall–Kier alpha value is -1.93. The number of hydrogen-bond acceptors (Lipinski definition) is 5. The second kappa shape index (κ2) is 6.05. The first kappa shape index (κ1) is 15.0. The Labute approximate surface area is 127 Å². The first-order valence-electron chi connectivity index (χ1n) is 7.52. The van der Waals surface area contributed by atoms with Crippen molar-refractivity contribution >= 4 is 11.2 Å². The number of aromatic nitrogens is 4. The van der Waals surface area contributed by atoms with Crippen LogP contribution < -0.4 is 16.6 Å². The summed E-state index contributed by atoms with van der Waals surface area (Å²) in [6.07, 6.45) is 1.97. The summed E-state index contributed by atoms with van der Waals surface area (Å²) in [5, 5.41) is 3.32. The minimum absolute atomic E-state index is 0.309. The fourth-order valence-electron chi connectivity index (χ4n) is 3.10. The van der Waals surface area contributed by atoms with E-state index in [0.717, 1.165) is 31.8 Å². The first-order valence-corrected chi connectivity index (χ1v) is 7.52. The van der Waals surface area contributed by atoms with Gasteiger partial charge in [-0.05, 0) is 25.9 Å². The van der Waals surface area contributed by atoms with E-state index in [1.54, 1.807) is 7.11 Å². The Kier molecular flexibility index (Phi) is 4.12. The highest BCUT2D eigenvalue weighted by molar-refractivity contribution is 5.71. The lowest BCUT2D eigenvalue weighted by molar-refractivity contribution is 0.187. The summed E-state index contributed by atoms with van der Waals surface area (Å²) >= 11 is 0. The van der Waals surface area contributed by atoms with E-state index in [0.29, 0.717) is 30.2 Å². The lowest BCUT2D eigenvalue weighted by Crippen LogP contribution is -2.32. The number of aromatic amines is 1. The second-order valence-corrected chi connectivity index (χ2v) is 5.63. The minimum atomic E-state index is -0.440. The van der Waals surface area contributed by atoms with Crippen LogP contribution in [0.25, 0.3) is 11.2 Å². The van der Waals surface area contributed by atoms with Gasteiger partial charge < -0.3 is 14.6 Å². The third-order valence-corrected chi connectivity index (χ3v) is 4.27. The Bertz CT molecular complexity index is 782. The van der Waals surface area contributed by atoms with Crippen molar-refractivity contribution in [3.8, 4) is 0 Å². The Morgan fingerprint density at radius 2 is 2.05 bits per heavy atom. The zero-order valence-corrected chi connectivity index (χ0v) is 12.9. The van der Waals surface area contributed by atoms with Gasteiger partial charge in [-0.3, -0.25) is 14.3 Å². The fourth-order valence-corrected chi connectivity index (χ4v) is 3.10. The summed E-state index contributed by atoms with van der Waals surface area (Å²) in [6.45, 7) is 2.65. The minimum Gasteiger partial charge on any atom is -0.383 e. The second-order valence-electron chi connectivity index (χ2n) is 5.63. The van der Waals surface area contributed by atoms with Crippen molar-refractivity contribution in [2.24, 2.45) is 7.05 Å². The fraction of sp³-hybridized carbons (Fsp3) is 0.643. The normalized spacial score (nSPS) is 16.5. The van der Waals surface area contributed by atoms with Crippen LogP contribution in [-0.2, 0) is 18.3 Å². The summed E-state index contributed by atoms with van der Waals surface area (Å²) in [6, 6.07) is 0. The maximum absolute atomic E-state index is 12.2. The van der Waals surface area contributed by atoms with Crippen LogP contribution in [0.5, 0.6) is 0 Å². The average molecular weight is 307 g/mol. The van der Waals surface area contributed by atoms with E-state index in [9.17, 15) is 9.59 Å². The molecule has 2 aromatic rings. The zero-order chi connectivity index (χ0) is 15.7. The molecule has 0 atom stereocenters. The molecule has 1 saturated heterocycles. The average Bonchev–Trinajstić information content (AvgIpc) is 2.86. The summed E-state index contributed by atoms with van der Waals surface area (Å²) in [4.78, 5) is 31.2. The highest BCUT2D eigenvalue weighted by atomic mass is 16.5. The third kappa shape index (κ3) is 2.48. The molecule has 3 heterocycles. The molecule has 0 bridgehead atoms. The molecule has 3 rings (SSSR count). The molecule has 1 aliphatic heterocycles. The number of piperidine rings is 1. The topological polar surface area (TPSA) is 93.9 Å². The highest BCUT2D eigenvalue weighted by Crippen LogP contribution is 2.25. The summed E-state index contributed by atoms with van der Waals surface area (Å²) in [7, 11) is 3.42. The van der Waals surface area contributed by atoms with Crippen molar-refractivity contribution in [3.63, 3.8) is 0 Å². The Balaban J connectivity index is 2.16. The molecule has 1 fully saturated rings. The molecule has 0 saturated carbocycles. The van der Waals surface area contributed by atoms with Crippen molar-refractivity contribution in [1.29, 1.82) is 0 Å². The molecule has 0 amide bonds. The van der Waals surface area contributed by atoms with Gasteiger partial charge in [0.25, 0.3) is 5.56 Å². The van der Waals surface area contributed by atoms with Crippen LogP contribution in [0.15, 0.2) is 9.59 Å². The van der Waals surface area contributed by atoms with Gasteiger partial charge in [0.15, 0.2) is 11.2 Å². The van der Waals surface area contributed by atoms with Gasteiger partial charge in [0.2, 0.25) is 0 Å². The van der Waals surface area contributed by atoms with E-state index in [4.69, 9.17) is 4.74 Å². The number of nitrogens with zero attached hydrogens (tertiary/aromatic N) is 3. The number of aryl methyl sites for hydroxylation is 1. The molecule has 0 radical (unpaired) electrons. The summed E-state index contributed by atoms with van der Waals surface area (Å²) in [5.74, 6) is 1.18. The van der Waals surface area contributed by atoms with E-state index in [1.807, 2.05) is 11.6 Å². The smallest absolute Gasteiger partial charge is 0.330 e. The summed E-state index contributed by atoms with van der Waals surface area (Å²) < 4.78 is 8.34. The van der Waals surface area contributed by atoms with E-state index in [-0.39, 0.29) is 5.56 Å². The van der Waals surface area contributed by atoms with Gasteiger partial charge in [0.1, 0.15) is 5.82 Å². The molecule has 8 heteroatoms. The largest absolute Gasteiger partial charge is 0.383 e. The predicted molar refractivity (Wildman–Crippen MR) is 82.3 cm³/mol. The van der Waals surface area contributed by atoms with Crippen LogP contribution in [-0.4, -0.2) is 45.9 Å². The van der Waals surface area contributed by atoms with Crippen LogP contribution >= 0.6 is 0 Å². The number of rotatable bonds is 4. The van der Waals surface area contributed by atoms with E-state index >= 15 is 0 Å². The highest BCUT2D eigenvalue weighted by Gasteiger charge is 2.23. The van der Waals surface area contributed by atoms with Gasteiger partial charge in [0, 0.05) is 20.1 Å². The number of ether oxygens (including phenoxy) is 1. The summed E-state index contributed by atoms with van der Waals surface area (Å²) in [5.41, 5.74) is 0.0689. The van der Waals surface area contributed by atoms with Crippen molar-refractivity contribution in [1.82, 2.24) is 24.4 Å². The number of hydrogen-bond donors (Lipinski definition) is 2. The molecule has 2 N–H and O–H groups in total. The van der Waals surface area contributed by atoms with Crippen LogP contribution in [0.3, 0.4) is 0 Å². The van der Waals surface area contributed by atoms with Crippen LogP contribution in [0, 0.1) is 0 Å². The van der Waals surface area contributed by atoms with Crippen LogP contribution in [0.2, 0.25) is 0 Å². The van der Waals surface area contributed by atoms with Gasteiger partial charge >= 0.3 is 5.69 Å². The van der Waals surface area contributed by atoms with Gasteiger partial charge in [-0.1, -0.05) is 0 Å². The third-order valence-electron chi connectivity index (χ3n) is 4.27. The number of fused-ring (bicyclic) bond motifs is 1. The van der Waals surface area contributed by atoms with Crippen molar-refractivity contribution < 1.29 is 4.74 Å². The van der Waals surface area contributed by atoms with Gasteiger partial charge in [0.05, 0.1) is 13.2 Å². The molecular weight excluding hydrogens is 286 g/mol. The Morgan fingerprint density at radius 1 is 1.32 bits per heavy atom. The van der Waals surface area contributed by atoms with E-state index < -0.39 is 5.69 Å². The molecular formula is C14H21N5O3. The predicted octanol–water partition coefficient (Wildman–Crippen LogP) is -0.463. The molecule has 1 aliphatic rings. The number of methoxy groups -OCH3 is 1. The molecule has 0 aromatic carbocycles. The zero-order valence-electron chi connectivity index (χ0n) is 12.9. The molecule has 8 nitrogen and oxygen atoms in total. The molecule has 2 aromatic heterocycles. The van der Waals surface area contributed by atoms with Gasteiger partial charge in [-0.2, -0.15) is 0 Å². The molecule has 0 aliphatic carbocycles. The lowest BCUT2D eigenvalue weighted by Gasteiger charge is -2.21. The van der Waals surface area contributed by atoms with E-state index in [2.05, 4.69) is 15.3 Å². The molecule has 22 heavy (non-hydrogen) atoms. The lowest BCUT2D eigenvalue weighted by atomic mass is 9.97. The van der Waals surface area contributed by atoms with Crippen molar-refractivity contribution in [2.45, 2.75) is 25.3 Å². The van der Waals surface area contributed by atoms with Gasteiger partial charge in [-0.15, -0.1) is 0 Å². The van der Waals surface area contributed by atoms with Gasteiger partial charge in [-0.25, -0.2) is 9.78 Å². The number of nitrogens with one attached hydrogen (secondary N) is 2. The Morgan fingerprint density at radius 3 is 2.73 bits per heavy atom. The van der Waals surface area contributed by atoms with E-state index in [1.165, 1.54) is 4.57 Å². The quantitative estimate of drug-likeness (QED) is 0.797. The number of imidazole rings is 1. The first-order chi connectivity index (χ1) is 10.6. The maximum Gasteiger partial charge on any atom is 0.330 e. The van der Waals surface area contributed by atoms with Crippen molar-refractivity contribution in [2.75, 3.05) is 26.8 Å². The van der Waals surface area contributed by atoms with Crippen LogP contribution in [0.4, 0.5) is 0 Å². The molecule has 120 valence electrons. The standard InChI is InChI=1S/C14H21N5O3/c1-18-10-12(16-11(18)9-3-5-15-6-4-9)19(7-8-22-2)14(21)17-13(10)20/h9,15H,3-8H2,1-2H3,(H,17,20,21). The molecule has 0 spiro atoms. The maximum atomic E-state index is 12.2. The monoisotopic (exact) mass is 307 g/mol. The SMILES string of the molecule is COCCn1c(=O)[nH]c(=O)c2c1nc(C1CCNCC1)n2C. The van der Waals surface area contributed by atoms with Crippen molar-refractivity contribution in [3.05, 3.63) is 26.7 Å².